The maximum absolute atomic E-state index is 12.7. The molecular formula is C22H22N2O2S2. The molecule has 0 aliphatic heterocycles. The summed E-state index contributed by atoms with van der Waals surface area (Å²) in [6.45, 7) is 6.13. The molecule has 28 heavy (non-hydrogen) atoms. The molecule has 6 heteroatoms. The number of ether oxygens (including phenoxy) is 1. The van der Waals surface area contributed by atoms with Crippen molar-refractivity contribution in [1.29, 1.82) is 0 Å². The number of rotatable bonds is 5. The van der Waals surface area contributed by atoms with Gasteiger partial charge in [0.1, 0.15) is 10.6 Å². The van der Waals surface area contributed by atoms with Crippen molar-refractivity contribution in [2.45, 2.75) is 20.8 Å². The van der Waals surface area contributed by atoms with Gasteiger partial charge in [-0.15, -0.1) is 11.3 Å². The van der Waals surface area contributed by atoms with Gasteiger partial charge in [-0.25, -0.2) is 4.79 Å². The Bertz CT molecular complexity index is 997. The third kappa shape index (κ3) is 4.40. The minimum atomic E-state index is -0.355. The predicted molar refractivity (Wildman–Crippen MR) is 121 cm³/mol. The molecule has 0 aliphatic rings. The number of esters is 1. The van der Waals surface area contributed by atoms with Crippen LogP contribution in [0.2, 0.25) is 0 Å². The third-order valence-electron chi connectivity index (χ3n) is 4.25. The zero-order valence-corrected chi connectivity index (χ0v) is 17.7. The molecule has 144 valence electrons. The van der Waals surface area contributed by atoms with Crippen molar-refractivity contribution >= 4 is 45.3 Å². The number of thiocarbonyl (C=S) groups is 1. The van der Waals surface area contributed by atoms with Crippen molar-refractivity contribution < 1.29 is 9.53 Å². The Balaban J connectivity index is 1.95. The Labute approximate surface area is 174 Å². The van der Waals surface area contributed by atoms with E-state index in [1.165, 1.54) is 11.3 Å². The Hall–Kier alpha value is -2.70. The number of anilines is 2. The van der Waals surface area contributed by atoms with Crippen LogP contribution in [0.4, 0.5) is 10.7 Å². The Morgan fingerprint density at radius 1 is 1.04 bits per heavy atom. The number of thiophene rings is 1. The second-order valence-corrected chi connectivity index (χ2v) is 7.85. The first-order valence-corrected chi connectivity index (χ1v) is 10.2. The summed E-state index contributed by atoms with van der Waals surface area (Å²) in [4.78, 5) is 13.8. The van der Waals surface area contributed by atoms with Gasteiger partial charge in [-0.3, -0.25) is 0 Å². The quantitative estimate of drug-likeness (QED) is 0.398. The van der Waals surface area contributed by atoms with Gasteiger partial charge in [-0.05, 0) is 50.2 Å². The second-order valence-electron chi connectivity index (χ2n) is 6.22. The van der Waals surface area contributed by atoms with Gasteiger partial charge in [0.05, 0.1) is 6.61 Å². The van der Waals surface area contributed by atoms with Crippen LogP contribution >= 0.6 is 23.6 Å². The summed E-state index contributed by atoms with van der Waals surface area (Å²) in [7, 11) is 0. The molecule has 3 aromatic rings. The van der Waals surface area contributed by atoms with E-state index in [1.54, 1.807) is 6.92 Å². The van der Waals surface area contributed by atoms with Gasteiger partial charge in [0, 0.05) is 16.1 Å². The zero-order valence-electron chi connectivity index (χ0n) is 16.0. The van der Waals surface area contributed by atoms with E-state index in [1.807, 2.05) is 68.4 Å². The SMILES string of the molecule is CCOC(=O)c1c(NC(=S)Nc2ccccc2C)sc(C)c1-c1ccccc1. The maximum atomic E-state index is 12.7. The smallest absolute Gasteiger partial charge is 0.341 e. The molecule has 1 heterocycles. The summed E-state index contributed by atoms with van der Waals surface area (Å²) >= 11 is 6.98. The molecule has 0 saturated carbocycles. The van der Waals surface area contributed by atoms with Gasteiger partial charge in [0.2, 0.25) is 0 Å². The fourth-order valence-corrected chi connectivity index (χ4v) is 4.30. The van der Waals surface area contributed by atoms with Crippen LogP contribution in [0.5, 0.6) is 0 Å². The molecule has 0 fully saturated rings. The molecule has 2 N–H and O–H groups in total. The zero-order chi connectivity index (χ0) is 20.1. The molecule has 0 saturated heterocycles. The fraction of sp³-hybridized carbons (Fsp3) is 0.182. The van der Waals surface area contributed by atoms with Crippen LogP contribution in [0.25, 0.3) is 11.1 Å². The van der Waals surface area contributed by atoms with E-state index in [9.17, 15) is 4.79 Å². The largest absolute Gasteiger partial charge is 0.462 e. The molecule has 1 aromatic heterocycles. The lowest BCUT2D eigenvalue weighted by Crippen LogP contribution is -2.20. The summed E-state index contributed by atoms with van der Waals surface area (Å²) in [5.41, 5.74) is 4.39. The standard InChI is InChI=1S/C22H22N2O2S2/c1-4-26-21(25)19-18(16-11-6-5-7-12-16)15(3)28-20(19)24-22(27)23-17-13-9-8-10-14(17)2/h5-13H,4H2,1-3H3,(H2,23,24,27). The molecule has 0 radical (unpaired) electrons. The molecule has 0 bridgehead atoms. The summed E-state index contributed by atoms with van der Waals surface area (Å²) in [5, 5.41) is 7.51. The Morgan fingerprint density at radius 2 is 1.71 bits per heavy atom. The highest BCUT2D eigenvalue weighted by molar-refractivity contribution is 7.80. The van der Waals surface area contributed by atoms with Crippen molar-refractivity contribution in [1.82, 2.24) is 0 Å². The van der Waals surface area contributed by atoms with E-state index in [-0.39, 0.29) is 5.97 Å². The fourth-order valence-electron chi connectivity index (χ4n) is 2.95. The number of benzene rings is 2. The van der Waals surface area contributed by atoms with Gasteiger partial charge in [0.25, 0.3) is 0 Å². The summed E-state index contributed by atoms with van der Waals surface area (Å²) in [5.74, 6) is -0.355. The topological polar surface area (TPSA) is 50.4 Å². The average Bonchev–Trinajstić information content (AvgIpc) is 3.00. The number of hydrogen-bond donors (Lipinski definition) is 2. The van der Waals surface area contributed by atoms with Crippen molar-refractivity contribution in [3.8, 4) is 11.1 Å². The van der Waals surface area contributed by atoms with Gasteiger partial charge < -0.3 is 15.4 Å². The molecule has 0 unspecified atom stereocenters. The van der Waals surface area contributed by atoms with Crippen LogP contribution in [0.3, 0.4) is 0 Å². The molecule has 0 atom stereocenters. The normalized spacial score (nSPS) is 10.4. The van der Waals surface area contributed by atoms with E-state index in [2.05, 4.69) is 10.6 Å². The molecule has 0 aliphatic carbocycles. The lowest BCUT2D eigenvalue weighted by Gasteiger charge is -2.13. The first kappa shape index (κ1) is 20.0. The number of nitrogens with one attached hydrogen (secondary N) is 2. The van der Waals surface area contributed by atoms with Crippen LogP contribution in [0, 0.1) is 13.8 Å². The first-order valence-electron chi connectivity index (χ1n) is 9.00. The summed E-state index contributed by atoms with van der Waals surface area (Å²) in [6.07, 6.45) is 0. The number of hydrogen-bond acceptors (Lipinski definition) is 4. The molecule has 3 rings (SSSR count). The molecule has 2 aromatic carbocycles. The van der Waals surface area contributed by atoms with Crippen molar-refractivity contribution in [3.63, 3.8) is 0 Å². The lowest BCUT2D eigenvalue weighted by molar-refractivity contribution is 0.0529. The highest BCUT2D eigenvalue weighted by atomic mass is 32.1. The van der Waals surface area contributed by atoms with Crippen LogP contribution in [-0.2, 0) is 4.74 Å². The molecule has 4 nitrogen and oxygen atoms in total. The highest BCUT2D eigenvalue weighted by Crippen LogP contribution is 2.40. The van der Waals surface area contributed by atoms with E-state index < -0.39 is 0 Å². The number of carbonyl (C=O) groups is 1. The number of aryl methyl sites for hydroxylation is 2. The number of carbonyl (C=O) groups excluding carboxylic acids is 1. The monoisotopic (exact) mass is 410 g/mol. The molecular weight excluding hydrogens is 388 g/mol. The summed E-state index contributed by atoms with van der Waals surface area (Å²) in [6, 6.07) is 17.8. The second kappa shape index (κ2) is 8.99. The molecule has 0 spiro atoms. The minimum Gasteiger partial charge on any atom is -0.462 e. The Morgan fingerprint density at radius 3 is 2.39 bits per heavy atom. The van der Waals surface area contributed by atoms with Gasteiger partial charge in [-0.2, -0.15) is 0 Å². The molecule has 0 amide bonds. The van der Waals surface area contributed by atoms with Gasteiger partial charge in [-0.1, -0.05) is 48.5 Å². The van der Waals surface area contributed by atoms with Gasteiger partial charge >= 0.3 is 5.97 Å². The third-order valence-corrected chi connectivity index (χ3v) is 5.47. The summed E-state index contributed by atoms with van der Waals surface area (Å²) < 4.78 is 5.33. The van der Waals surface area contributed by atoms with Crippen molar-refractivity contribution in [2.24, 2.45) is 0 Å². The predicted octanol–water partition coefficient (Wildman–Crippen LogP) is 6.02. The Kier molecular flexibility index (Phi) is 6.44. The van der Waals surface area contributed by atoms with Crippen LogP contribution < -0.4 is 10.6 Å². The van der Waals surface area contributed by atoms with Crippen LogP contribution in [0.15, 0.2) is 54.6 Å². The van der Waals surface area contributed by atoms with E-state index in [0.717, 1.165) is 27.3 Å². The van der Waals surface area contributed by atoms with Crippen LogP contribution in [-0.4, -0.2) is 17.7 Å². The highest BCUT2D eigenvalue weighted by Gasteiger charge is 2.24. The first-order chi connectivity index (χ1) is 13.5. The number of para-hydroxylation sites is 1. The van der Waals surface area contributed by atoms with Crippen LogP contribution in [0.1, 0.15) is 27.7 Å². The van der Waals surface area contributed by atoms with Crippen molar-refractivity contribution in [2.75, 3.05) is 17.2 Å². The maximum Gasteiger partial charge on any atom is 0.341 e. The minimum absolute atomic E-state index is 0.313. The van der Waals surface area contributed by atoms with E-state index in [0.29, 0.717) is 22.3 Å². The van der Waals surface area contributed by atoms with E-state index in [4.69, 9.17) is 17.0 Å². The van der Waals surface area contributed by atoms with Crippen molar-refractivity contribution in [3.05, 3.63) is 70.6 Å². The van der Waals surface area contributed by atoms with Gasteiger partial charge in [0.15, 0.2) is 5.11 Å². The van der Waals surface area contributed by atoms with E-state index >= 15 is 0 Å². The lowest BCUT2D eigenvalue weighted by atomic mass is 10.0. The average molecular weight is 411 g/mol.